The van der Waals surface area contributed by atoms with Crippen LogP contribution in [-0.4, -0.2) is 4.98 Å². The Balaban J connectivity index is 0.979. The third kappa shape index (κ3) is 6.69. The Labute approximate surface area is 354 Å². The molecule has 290 valence electrons. The normalized spacial score (nSPS) is 13.9. The lowest BCUT2D eigenvalue weighted by molar-refractivity contribution is 0.490. The van der Waals surface area contributed by atoms with E-state index >= 15 is 0 Å². The van der Waals surface area contributed by atoms with E-state index in [0.717, 1.165) is 53.7 Å². The molecule has 2 nitrogen and oxygen atoms in total. The average Bonchev–Trinajstić information content (AvgIpc) is 3.60. The number of hydrogen-bond acceptors (Lipinski definition) is 2. The second-order valence-corrected chi connectivity index (χ2v) is 16.1. The van der Waals surface area contributed by atoms with Crippen LogP contribution in [0.3, 0.4) is 0 Å². The highest BCUT2D eigenvalue weighted by atomic mass is 15.1. The van der Waals surface area contributed by atoms with Crippen LogP contribution in [0.2, 0.25) is 0 Å². The van der Waals surface area contributed by atoms with Gasteiger partial charge in [0, 0.05) is 39.6 Å². The van der Waals surface area contributed by atoms with Gasteiger partial charge in [-0.25, -0.2) is 0 Å². The highest BCUT2D eigenvalue weighted by Crippen LogP contribution is 2.54. The van der Waals surface area contributed by atoms with Crippen molar-refractivity contribution in [3.63, 3.8) is 0 Å². The van der Waals surface area contributed by atoms with E-state index in [1.165, 1.54) is 66.7 Å². The first-order chi connectivity index (χ1) is 29.6. The summed E-state index contributed by atoms with van der Waals surface area (Å²) >= 11 is 0. The van der Waals surface area contributed by atoms with Crippen molar-refractivity contribution in [2.24, 2.45) is 0 Å². The zero-order valence-electron chi connectivity index (χ0n) is 34.4. The van der Waals surface area contributed by atoms with Crippen LogP contribution in [0.1, 0.15) is 67.3 Å². The number of para-hydroxylation sites is 2. The third-order valence-electron chi connectivity index (χ3n) is 12.9. The maximum atomic E-state index is 4.98. The number of nitrogens with zero attached hydrogens (tertiary/aromatic N) is 2. The number of fused-ring (bicyclic) bond motifs is 4. The van der Waals surface area contributed by atoms with Crippen molar-refractivity contribution in [2.45, 2.75) is 44.9 Å². The average molecular weight is 773 g/mol. The van der Waals surface area contributed by atoms with E-state index in [-0.39, 0.29) is 5.41 Å². The predicted molar refractivity (Wildman–Crippen MR) is 256 cm³/mol. The van der Waals surface area contributed by atoms with Gasteiger partial charge in [0.1, 0.15) is 0 Å². The molecule has 0 radical (unpaired) electrons. The van der Waals surface area contributed by atoms with Gasteiger partial charge in [0.15, 0.2) is 0 Å². The van der Waals surface area contributed by atoms with E-state index in [0.29, 0.717) is 0 Å². The van der Waals surface area contributed by atoms with Gasteiger partial charge < -0.3 is 4.90 Å². The van der Waals surface area contributed by atoms with Crippen LogP contribution in [0, 0.1) is 0 Å². The summed E-state index contributed by atoms with van der Waals surface area (Å²) in [6.45, 7) is 4.71. The van der Waals surface area contributed by atoms with Gasteiger partial charge in [0.2, 0.25) is 0 Å². The highest BCUT2D eigenvalue weighted by molar-refractivity contribution is 5.95. The molecule has 0 atom stereocenters. The van der Waals surface area contributed by atoms with E-state index in [1.807, 2.05) is 6.20 Å². The molecule has 0 amide bonds. The van der Waals surface area contributed by atoms with Crippen LogP contribution < -0.4 is 4.90 Å². The number of allylic oxidation sites excluding steroid dienone is 4. The van der Waals surface area contributed by atoms with Gasteiger partial charge in [-0.3, -0.25) is 4.98 Å². The Morgan fingerprint density at radius 2 is 1.18 bits per heavy atom. The first-order valence-corrected chi connectivity index (χ1v) is 21.5. The van der Waals surface area contributed by atoms with Crippen molar-refractivity contribution in [2.75, 3.05) is 4.90 Å². The van der Waals surface area contributed by atoms with E-state index in [4.69, 9.17) is 4.98 Å². The Bertz CT molecular complexity index is 2890. The summed E-state index contributed by atoms with van der Waals surface area (Å²) in [5.41, 5.74) is 18.6. The summed E-state index contributed by atoms with van der Waals surface area (Å²) < 4.78 is 0. The van der Waals surface area contributed by atoms with Gasteiger partial charge in [-0.2, -0.15) is 0 Å². The molecule has 7 aromatic carbocycles. The maximum absolute atomic E-state index is 4.98. The van der Waals surface area contributed by atoms with Crippen molar-refractivity contribution >= 4 is 45.6 Å². The highest BCUT2D eigenvalue weighted by Gasteiger charge is 2.41. The Morgan fingerprint density at radius 1 is 0.550 bits per heavy atom. The van der Waals surface area contributed by atoms with Crippen LogP contribution in [0.4, 0.5) is 17.1 Å². The van der Waals surface area contributed by atoms with Crippen LogP contribution in [0.25, 0.3) is 62.0 Å². The summed E-state index contributed by atoms with van der Waals surface area (Å²) in [4.78, 5) is 7.36. The SMILES string of the molecule is CCC1(CC)c2cc(/C=C/c3ccc(-c4c(C5=CC=CCC5)cccc4-c4cc5ccccc5cn4)cc3)ccc2-c2ccc(N(c3ccccc3)c3ccccc3)cc21. The van der Waals surface area contributed by atoms with Gasteiger partial charge >= 0.3 is 0 Å². The molecule has 0 spiro atoms. The Morgan fingerprint density at radius 3 is 1.88 bits per heavy atom. The number of rotatable bonds is 10. The monoisotopic (exact) mass is 772 g/mol. The van der Waals surface area contributed by atoms with Gasteiger partial charge in [0.25, 0.3) is 0 Å². The smallest absolute Gasteiger partial charge is 0.0714 e. The molecule has 60 heavy (non-hydrogen) atoms. The number of benzene rings is 7. The summed E-state index contributed by atoms with van der Waals surface area (Å²) in [5, 5.41) is 2.36. The molecule has 2 heteroatoms. The minimum atomic E-state index is -0.0697. The molecule has 0 fully saturated rings. The molecule has 2 aliphatic carbocycles. The summed E-state index contributed by atoms with van der Waals surface area (Å²) in [7, 11) is 0. The zero-order chi connectivity index (χ0) is 40.5. The fourth-order valence-electron chi connectivity index (χ4n) is 9.71. The van der Waals surface area contributed by atoms with Crippen LogP contribution in [0.15, 0.2) is 194 Å². The Hall–Kier alpha value is -7.03. The summed E-state index contributed by atoms with van der Waals surface area (Å²) in [6, 6.07) is 62.1. The molecule has 0 saturated heterocycles. The molecule has 10 rings (SSSR count). The number of hydrogen-bond donors (Lipinski definition) is 0. The molecule has 0 aliphatic heterocycles. The predicted octanol–water partition coefficient (Wildman–Crippen LogP) is 16.0. The van der Waals surface area contributed by atoms with Crippen LogP contribution in [0.5, 0.6) is 0 Å². The largest absolute Gasteiger partial charge is 0.310 e. The second kappa shape index (κ2) is 16.0. The van der Waals surface area contributed by atoms with E-state index in [2.05, 4.69) is 219 Å². The molecule has 0 N–H and O–H groups in total. The van der Waals surface area contributed by atoms with Crippen molar-refractivity contribution in [1.82, 2.24) is 4.98 Å². The first-order valence-electron chi connectivity index (χ1n) is 21.5. The van der Waals surface area contributed by atoms with E-state index in [9.17, 15) is 0 Å². The van der Waals surface area contributed by atoms with Gasteiger partial charge in [-0.1, -0.05) is 172 Å². The molecule has 0 bridgehead atoms. The minimum Gasteiger partial charge on any atom is -0.310 e. The molecule has 2 aliphatic rings. The second-order valence-electron chi connectivity index (χ2n) is 16.1. The number of pyridine rings is 1. The molecule has 8 aromatic rings. The zero-order valence-corrected chi connectivity index (χ0v) is 34.4. The summed E-state index contributed by atoms with van der Waals surface area (Å²) in [6.07, 6.45) is 17.4. The molecular formula is C58H48N2. The van der Waals surface area contributed by atoms with Crippen LogP contribution >= 0.6 is 0 Å². The Kier molecular flexibility index (Phi) is 9.91. The topological polar surface area (TPSA) is 16.1 Å². The molecule has 0 unspecified atom stereocenters. The standard InChI is InChI=1S/C58H48N2/c1-3-58(4-2)54-37-42(31-35-51(54)52-36-34-49(39-55(52)58)60(47-21-10-6-11-22-47)48-23-12-7-13-24-48)28-27-41-29-32-44(33-30-41)57-50(43-17-8-5-9-18-43)25-16-26-53(57)56-38-45-19-14-15-20-46(45)40-59-56/h5-8,10-17,19-40H,3-4,9,18H2,1-2H3/b28-27+. The molecular weight excluding hydrogens is 725 g/mol. The lowest BCUT2D eigenvalue weighted by Gasteiger charge is -2.32. The number of anilines is 3. The lowest BCUT2D eigenvalue weighted by atomic mass is 9.73. The molecule has 1 heterocycles. The van der Waals surface area contributed by atoms with Crippen molar-refractivity contribution in [1.29, 1.82) is 0 Å². The van der Waals surface area contributed by atoms with Crippen molar-refractivity contribution < 1.29 is 0 Å². The fourth-order valence-corrected chi connectivity index (χ4v) is 9.71. The van der Waals surface area contributed by atoms with Gasteiger partial charge in [-0.05, 0) is 129 Å². The quantitative estimate of drug-likeness (QED) is 0.129. The minimum absolute atomic E-state index is 0.0697. The van der Waals surface area contributed by atoms with Gasteiger partial charge in [0.05, 0.1) is 5.69 Å². The molecule has 0 saturated carbocycles. The first kappa shape index (κ1) is 37.3. The van der Waals surface area contributed by atoms with Gasteiger partial charge in [-0.15, -0.1) is 0 Å². The molecule has 1 aromatic heterocycles. The van der Waals surface area contributed by atoms with Crippen molar-refractivity contribution in [3.8, 4) is 33.5 Å². The van der Waals surface area contributed by atoms with E-state index < -0.39 is 0 Å². The van der Waals surface area contributed by atoms with Crippen molar-refractivity contribution in [3.05, 3.63) is 222 Å². The number of aromatic nitrogens is 1. The lowest BCUT2D eigenvalue weighted by Crippen LogP contribution is -2.23. The fraction of sp³-hybridized carbons (Fsp3) is 0.121. The maximum Gasteiger partial charge on any atom is 0.0714 e. The van der Waals surface area contributed by atoms with Crippen LogP contribution in [-0.2, 0) is 5.41 Å². The van der Waals surface area contributed by atoms with E-state index in [1.54, 1.807) is 0 Å². The summed E-state index contributed by atoms with van der Waals surface area (Å²) in [5.74, 6) is 0. The third-order valence-corrected chi connectivity index (χ3v) is 12.9.